The van der Waals surface area contributed by atoms with Gasteiger partial charge in [0, 0.05) is 5.69 Å². The topological polar surface area (TPSA) is 41.1 Å². The van der Waals surface area contributed by atoms with Gasteiger partial charge in [-0.05, 0) is 35.9 Å². The third-order valence-electron chi connectivity index (χ3n) is 4.03. The van der Waals surface area contributed by atoms with E-state index in [0.717, 1.165) is 18.2 Å². The summed E-state index contributed by atoms with van der Waals surface area (Å²) in [5, 5.41) is 5.63. The van der Waals surface area contributed by atoms with Crippen LogP contribution in [0.4, 0.5) is 24.5 Å². The van der Waals surface area contributed by atoms with Crippen LogP contribution < -0.4 is 10.6 Å². The number of hydrogen-bond acceptors (Lipinski definition) is 2. The van der Waals surface area contributed by atoms with Gasteiger partial charge < -0.3 is 10.6 Å². The Kier molecular flexibility index (Phi) is 5.90. The second-order valence-electron chi connectivity index (χ2n) is 6.04. The lowest BCUT2D eigenvalue weighted by atomic mass is 10.1. The van der Waals surface area contributed by atoms with E-state index in [9.17, 15) is 18.0 Å². The average molecular weight is 405 g/mol. The Morgan fingerprint density at radius 1 is 0.893 bits per heavy atom. The van der Waals surface area contributed by atoms with Gasteiger partial charge in [0.25, 0.3) is 5.91 Å². The molecule has 0 fully saturated rings. The Bertz CT molecular complexity index is 947. The third kappa shape index (κ3) is 4.84. The molecule has 0 saturated carbocycles. The van der Waals surface area contributed by atoms with Crippen LogP contribution in [0.2, 0.25) is 5.02 Å². The largest absolute Gasteiger partial charge is 0.416 e. The summed E-state index contributed by atoms with van der Waals surface area (Å²) >= 11 is 6.00. The SMILES string of the molecule is O=C(Nc1cc(C(F)(F)F)ccc1Cl)C(Nc1ccccc1)c1ccccc1. The number of benzene rings is 3. The molecule has 3 rings (SSSR count). The maximum atomic E-state index is 13.0. The highest BCUT2D eigenvalue weighted by molar-refractivity contribution is 6.33. The van der Waals surface area contributed by atoms with Crippen molar-refractivity contribution < 1.29 is 18.0 Å². The molecule has 1 atom stereocenters. The summed E-state index contributed by atoms with van der Waals surface area (Å²) in [5.74, 6) is -0.531. The molecule has 0 heterocycles. The number of hydrogen-bond donors (Lipinski definition) is 2. The van der Waals surface area contributed by atoms with Gasteiger partial charge in [-0.3, -0.25) is 4.79 Å². The zero-order valence-corrected chi connectivity index (χ0v) is 15.3. The molecule has 0 aliphatic heterocycles. The van der Waals surface area contributed by atoms with Crippen LogP contribution in [-0.2, 0) is 11.0 Å². The maximum absolute atomic E-state index is 13.0. The zero-order chi connectivity index (χ0) is 20.1. The molecular weight excluding hydrogens is 389 g/mol. The maximum Gasteiger partial charge on any atom is 0.416 e. The molecule has 0 saturated heterocycles. The first-order valence-electron chi connectivity index (χ1n) is 8.39. The van der Waals surface area contributed by atoms with Crippen molar-refractivity contribution in [2.45, 2.75) is 12.2 Å². The van der Waals surface area contributed by atoms with Gasteiger partial charge in [-0.2, -0.15) is 13.2 Å². The summed E-state index contributed by atoms with van der Waals surface area (Å²) in [4.78, 5) is 12.9. The smallest absolute Gasteiger partial charge is 0.370 e. The fourth-order valence-electron chi connectivity index (χ4n) is 2.65. The van der Waals surface area contributed by atoms with Crippen LogP contribution in [0.15, 0.2) is 78.9 Å². The second-order valence-corrected chi connectivity index (χ2v) is 6.44. The van der Waals surface area contributed by atoms with Gasteiger partial charge in [0.2, 0.25) is 0 Å². The molecule has 1 unspecified atom stereocenters. The van der Waals surface area contributed by atoms with Gasteiger partial charge in [-0.15, -0.1) is 0 Å². The van der Waals surface area contributed by atoms with Crippen molar-refractivity contribution in [1.29, 1.82) is 0 Å². The van der Waals surface area contributed by atoms with Crippen molar-refractivity contribution in [3.8, 4) is 0 Å². The van der Waals surface area contributed by atoms with Crippen molar-refractivity contribution in [3.05, 3.63) is 95.0 Å². The predicted molar refractivity (Wildman–Crippen MR) is 104 cm³/mol. The van der Waals surface area contributed by atoms with Crippen LogP contribution in [0, 0.1) is 0 Å². The summed E-state index contributed by atoms with van der Waals surface area (Å²) in [7, 11) is 0. The van der Waals surface area contributed by atoms with Gasteiger partial charge in [-0.1, -0.05) is 60.1 Å². The lowest BCUT2D eigenvalue weighted by molar-refractivity contribution is -0.137. The standard InChI is InChI=1S/C21H16ClF3N2O/c22-17-12-11-15(21(23,24)25)13-18(17)27-20(28)19(14-7-3-1-4-8-14)26-16-9-5-2-6-10-16/h1-13,19,26H,(H,27,28). The van der Waals surface area contributed by atoms with Crippen molar-refractivity contribution in [1.82, 2.24) is 0 Å². The Balaban J connectivity index is 1.90. The number of alkyl halides is 3. The minimum absolute atomic E-state index is 0.0212. The second kappa shape index (κ2) is 8.35. The van der Waals surface area contributed by atoms with Gasteiger partial charge in [0.15, 0.2) is 0 Å². The molecule has 1 amide bonds. The first-order chi connectivity index (χ1) is 13.3. The number of halogens is 4. The molecule has 2 N–H and O–H groups in total. The third-order valence-corrected chi connectivity index (χ3v) is 4.36. The van der Waals surface area contributed by atoms with Gasteiger partial charge in [-0.25, -0.2) is 0 Å². The van der Waals surface area contributed by atoms with E-state index in [4.69, 9.17) is 11.6 Å². The molecule has 3 aromatic carbocycles. The summed E-state index contributed by atoms with van der Waals surface area (Å²) < 4.78 is 38.9. The molecule has 7 heteroatoms. The van der Waals surface area contributed by atoms with E-state index in [1.165, 1.54) is 0 Å². The van der Waals surface area contributed by atoms with Crippen molar-refractivity contribution in [2.75, 3.05) is 10.6 Å². The predicted octanol–water partition coefficient (Wildman–Crippen LogP) is 6.15. The van der Waals surface area contributed by atoms with Crippen LogP contribution in [0.25, 0.3) is 0 Å². The van der Waals surface area contributed by atoms with Gasteiger partial charge >= 0.3 is 6.18 Å². The van der Waals surface area contributed by atoms with Crippen LogP contribution in [-0.4, -0.2) is 5.91 Å². The van der Waals surface area contributed by atoms with Crippen LogP contribution >= 0.6 is 11.6 Å². The van der Waals surface area contributed by atoms with Crippen LogP contribution in [0.1, 0.15) is 17.2 Å². The Morgan fingerprint density at radius 2 is 1.50 bits per heavy atom. The van der Waals surface area contributed by atoms with E-state index in [0.29, 0.717) is 11.3 Å². The molecule has 0 aromatic heterocycles. The van der Waals surface area contributed by atoms with Crippen LogP contribution in [0.5, 0.6) is 0 Å². The molecule has 0 aliphatic carbocycles. The number of amides is 1. The van der Waals surface area contributed by atoms with Gasteiger partial charge in [0.1, 0.15) is 6.04 Å². The van der Waals surface area contributed by atoms with E-state index in [1.54, 1.807) is 36.4 Å². The Morgan fingerprint density at radius 3 is 2.11 bits per heavy atom. The highest BCUT2D eigenvalue weighted by Crippen LogP contribution is 2.34. The molecule has 28 heavy (non-hydrogen) atoms. The minimum Gasteiger partial charge on any atom is -0.370 e. The van der Waals surface area contributed by atoms with E-state index in [-0.39, 0.29) is 10.7 Å². The zero-order valence-electron chi connectivity index (χ0n) is 14.5. The average Bonchev–Trinajstić information content (AvgIpc) is 2.68. The number of carbonyl (C=O) groups excluding carboxylic acids is 1. The number of para-hydroxylation sites is 1. The minimum atomic E-state index is -4.54. The summed E-state index contributed by atoms with van der Waals surface area (Å²) in [6.45, 7) is 0. The van der Waals surface area contributed by atoms with Crippen molar-refractivity contribution in [2.24, 2.45) is 0 Å². The molecule has 3 aromatic rings. The van der Waals surface area contributed by atoms with Crippen molar-refractivity contribution in [3.63, 3.8) is 0 Å². The Hall–Kier alpha value is -2.99. The molecule has 0 bridgehead atoms. The highest BCUT2D eigenvalue weighted by atomic mass is 35.5. The first kappa shape index (κ1) is 19.8. The quantitative estimate of drug-likeness (QED) is 0.535. The van der Waals surface area contributed by atoms with Crippen LogP contribution in [0.3, 0.4) is 0 Å². The molecular formula is C21H16ClF3N2O. The van der Waals surface area contributed by atoms with E-state index < -0.39 is 23.7 Å². The number of rotatable bonds is 5. The molecule has 0 aliphatic rings. The molecule has 0 radical (unpaired) electrons. The number of nitrogens with one attached hydrogen (secondary N) is 2. The first-order valence-corrected chi connectivity index (χ1v) is 8.76. The van der Waals surface area contributed by atoms with Crippen molar-refractivity contribution >= 4 is 28.9 Å². The van der Waals surface area contributed by atoms with E-state index in [2.05, 4.69) is 10.6 Å². The fraction of sp³-hybridized carbons (Fsp3) is 0.0952. The van der Waals surface area contributed by atoms with E-state index in [1.807, 2.05) is 24.3 Å². The molecule has 144 valence electrons. The Labute approximate surface area is 165 Å². The summed E-state index contributed by atoms with van der Waals surface area (Å²) in [6.07, 6.45) is -4.54. The normalized spacial score (nSPS) is 12.3. The number of anilines is 2. The lowest BCUT2D eigenvalue weighted by Crippen LogP contribution is -2.27. The summed E-state index contributed by atoms with van der Waals surface area (Å²) in [6, 6.07) is 19.9. The molecule has 3 nitrogen and oxygen atoms in total. The number of carbonyl (C=O) groups is 1. The monoisotopic (exact) mass is 404 g/mol. The lowest BCUT2D eigenvalue weighted by Gasteiger charge is -2.21. The fourth-order valence-corrected chi connectivity index (χ4v) is 2.81. The van der Waals surface area contributed by atoms with Gasteiger partial charge in [0.05, 0.1) is 16.3 Å². The molecule has 0 spiro atoms. The van der Waals surface area contributed by atoms with E-state index >= 15 is 0 Å². The summed E-state index contributed by atoms with van der Waals surface area (Å²) in [5.41, 5.74) is 0.366. The highest BCUT2D eigenvalue weighted by Gasteiger charge is 2.31.